The highest BCUT2D eigenvalue weighted by Crippen LogP contribution is 2.60. The van der Waals surface area contributed by atoms with Gasteiger partial charge in [0.15, 0.2) is 0 Å². The summed E-state index contributed by atoms with van der Waals surface area (Å²) in [6.45, 7) is 3.82. The lowest BCUT2D eigenvalue weighted by molar-refractivity contribution is -0.145. The van der Waals surface area contributed by atoms with Crippen LogP contribution in [0.5, 0.6) is 0 Å². The molecule has 154 valence electrons. The number of piperidine rings is 1. The molecule has 2 heterocycles. The Kier molecular flexibility index (Phi) is 4.68. The van der Waals surface area contributed by atoms with Crippen LogP contribution in [0, 0.1) is 29.6 Å². The van der Waals surface area contributed by atoms with Crippen molar-refractivity contribution >= 4 is 39.4 Å². The molecule has 2 amide bonds. The molecular formula is C22H25BrN2O4. The van der Waals surface area contributed by atoms with Crippen LogP contribution >= 0.6 is 15.9 Å². The molecular weight excluding hydrogens is 436 g/mol. The summed E-state index contributed by atoms with van der Waals surface area (Å²) in [7, 11) is 0. The maximum atomic E-state index is 13.0. The molecule has 0 spiro atoms. The zero-order chi connectivity index (χ0) is 20.3. The second-order valence-electron chi connectivity index (χ2n) is 9.00. The number of amides is 2. The first kappa shape index (κ1) is 19.1. The van der Waals surface area contributed by atoms with Crippen molar-refractivity contribution in [2.45, 2.75) is 37.1 Å². The van der Waals surface area contributed by atoms with Crippen molar-refractivity contribution in [1.82, 2.24) is 4.90 Å². The minimum atomic E-state index is -0.354. The van der Waals surface area contributed by atoms with E-state index in [1.165, 1.54) is 0 Å². The number of hydrogen-bond donors (Lipinski definition) is 1. The first-order chi connectivity index (χ1) is 13.9. The molecule has 6 atom stereocenters. The van der Waals surface area contributed by atoms with Gasteiger partial charge in [0.05, 0.1) is 16.7 Å². The standard InChI is InChI=1S/C22H25BrN2O4/c1-11-6-8-25(9-7-11)21(27)12-2-4-13(5-3-12)24-20(26)16-14-10-15-17(16)22(28)29-19(15)18(14)23/h2-5,11,14-19H,6-10H2,1H3,(H,24,26)/t14-,15-,16-,17+,18-,19+/m1/s1. The molecule has 4 fully saturated rings. The number of carbonyl (C=O) groups excluding carboxylic acids is 3. The average Bonchev–Trinajstić information content (AvgIpc) is 3.33. The predicted molar refractivity (Wildman–Crippen MR) is 111 cm³/mol. The molecule has 1 N–H and O–H groups in total. The fourth-order valence-electron chi connectivity index (χ4n) is 5.65. The summed E-state index contributed by atoms with van der Waals surface area (Å²) in [6, 6.07) is 7.08. The van der Waals surface area contributed by atoms with E-state index in [0.29, 0.717) is 17.2 Å². The highest BCUT2D eigenvalue weighted by Gasteiger charge is 2.67. The minimum Gasteiger partial charge on any atom is -0.461 e. The summed E-state index contributed by atoms with van der Waals surface area (Å²) in [5.41, 5.74) is 1.29. The molecule has 2 aliphatic heterocycles. The number of alkyl halides is 1. The molecule has 4 aliphatic rings. The summed E-state index contributed by atoms with van der Waals surface area (Å²) < 4.78 is 5.48. The van der Waals surface area contributed by atoms with Gasteiger partial charge in [0.1, 0.15) is 6.10 Å². The third-order valence-corrected chi connectivity index (χ3v) is 8.50. The smallest absolute Gasteiger partial charge is 0.310 e. The lowest BCUT2D eigenvalue weighted by Crippen LogP contribution is -2.40. The van der Waals surface area contributed by atoms with Crippen molar-refractivity contribution in [3.05, 3.63) is 29.8 Å². The predicted octanol–water partition coefficient (Wildman–Crippen LogP) is 3.07. The van der Waals surface area contributed by atoms with E-state index in [1.807, 2.05) is 4.90 Å². The number of hydrogen-bond acceptors (Lipinski definition) is 4. The summed E-state index contributed by atoms with van der Waals surface area (Å²) >= 11 is 3.64. The van der Waals surface area contributed by atoms with Crippen LogP contribution in [-0.4, -0.2) is 46.7 Å². The van der Waals surface area contributed by atoms with Crippen LogP contribution in [-0.2, 0) is 14.3 Å². The maximum Gasteiger partial charge on any atom is 0.310 e. The SMILES string of the molecule is CC1CCN(C(=O)c2ccc(NC(=O)[C@@H]3[C@H]4C[C@H]5[C@H](OC(=O)[C@@H]53)[C@@H]4Br)cc2)CC1. The van der Waals surface area contributed by atoms with Gasteiger partial charge < -0.3 is 15.0 Å². The van der Waals surface area contributed by atoms with Gasteiger partial charge in [-0.05, 0) is 55.4 Å². The Morgan fingerprint density at radius 1 is 1.14 bits per heavy atom. The molecule has 0 aromatic heterocycles. The summed E-state index contributed by atoms with van der Waals surface area (Å²) in [5, 5.41) is 2.95. The van der Waals surface area contributed by atoms with Crippen LogP contribution in [0.4, 0.5) is 5.69 Å². The number of carbonyl (C=O) groups is 3. The molecule has 1 aromatic carbocycles. The van der Waals surface area contributed by atoms with Gasteiger partial charge in [0, 0.05) is 30.3 Å². The molecule has 29 heavy (non-hydrogen) atoms. The molecule has 6 nitrogen and oxygen atoms in total. The highest BCUT2D eigenvalue weighted by atomic mass is 79.9. The van der Waals surface area contributed by atoms with Crippen LogP contribution < -0.4 is 5.32 Å². The molecule has 2 saturated carbocycles. The number of ether oxygens (including phenoxy) is 1. The fourth-order valence-corrected chi connectivity index (χ4v) is 6.69. The van der Waals surface area contributed by atoms with E-state index in [2.05, 4.69) is 28.2 Å². The van der Waals surface area contributed by atoms with Crippen molar-refractivity contribution < 1.29 is 19.1 Å². The molecule has 7 heteroatoms. The average molecular weight is 461 g/mol. The van der Waals surface area contributed by atoms with Gasteiger partial charge in [-0.3, -0.25) is 14.4 Å². The third-order valence-electron chi connectivity index (χ3n) is 7.30. The van der Waals surface area contributed by atoms with Gasteiger partial charge >= 0.3 is 5.97 Å². The van der Waals surface area contributed by atoms with Crippen molar-refractivity contribution in [2.75, 3.05) is 18.4 Å². The Balaban J connectivity index is 1.25. The summed E-state index contributed by atoms with van der Waals surface area (Å²) in [6.07, 6.45) is 2.87. The van der Waals surface area contributed by atoms with Crippen molar-refractivity contribution in [2.24, 2.45) is 29.6 Å². The van der Waals surface area contributed by atoms with Crippen LogP contribution in [0.15, 0.2) is 24.3 Å². The van der Waals surface area contributed by atoms with E-state index in [0.717, 1.165) is 32.4 Å². The number of esters is 1. The van der Waals surface area contributed by atoms with E-state index < -0.39 is 0 Å². The Morgan fingerprint density at radius 2 is 1.83 bits per heavy atom. The van der Waals surface area contributed by atoms with Crippen LogP contribution in [0.1, 0.15) is 36.5 Å². The number of nitrogens with zero attached hydrogens (tertiary/aromatic N) is 1. The van der Waals surface area contributed by atoms with Crippen LogP contribution in [0.25, 0.3) is 0 Å². The Morgan fingerprint density at radius 3 is 2.52 bits per heavy atom. The largest absolute Gasteiger partial charge is 0.461 e. The van der Waals surface area contributed by atoms with Crippen molar-refractivity contribution in [3.63, 3.8) is 0 Å². The van der Waals surface area contributed by atoms with E-state index in [9.17, 15) is 14.4 Å². The van der Waals surface area contributed by atoms with Crippen molar-refractivity contribution in [1.29, 1.82) is 0 Å². The molecule has 1 aromatic rings. The monoisotopic (exact) mass is 460 g/mol. The number of halogens is 1. The summed E-state index contributed by atoms with van der Waals surface area (Å²) in [5.74, 6) is -0.0365. The first-order valence-corrected chi connectivity index (χ1v) is 11.4. The van der Waals surface area contributed by atoms with Crippen LogP contribution in [0.2, 0.25) is 0 Å². The molecule has 5 rings (SSSR count). The minimum absolute atomic E-state index is 0.0461. The summed E-state index contributed by atoms with van der Waals surface area (Å²) in [4.78, 5) is 39.8. The Hall–Kier alpha value is -1.89. The number of nitrogens with one attached hydrogen (secondary N) is 1. The number of rotatable bonds is 3. The quantitative estimate of drug-likeness (QED) is 0.555. The second kappa shape index (κ2) is 7.11. The van der Waals surface area contributed by atoms with E-state index in [1.54, 1.807) is 24.3 Å². The molecule has 2 saturated heterocycles. The lowest BCUT2D eigenvalue weighted by Gasteiger charge is -2.30. The van der Waals surface area contributed by atoms with Gasteiger partial charge in [0.2, 0.25) is 5.91 Å². The Bertz CT molecular complexity index is 849. The first-order valence-electron chi connectivity index (χ1n) is 10.5. The zero-order valence-corrected chi connectivity index (χ0v) is 17.9. The number of likely N-dealkylation sites (tertiary alicyclic amines) is 1. The van der Waals surface area contributed by atoms with E-state index >= 15 is 0 Å². The van der Waals surface area contributed by atoms with Gasteiger partial charge in [-0.2, -0.15) is 0 Å². The fraction of sp³-hybridized carbons (Fsp3) is 0.591. The van der Waals surface area contributed by atoms with E-state index in [4.69, 9.17) is 4.74 Å². The van der Waals surface area contributed by atoms with Gasteiger partial charge in [-0.15, -0.1) is 0 Å². The second-order valence-corrected chi connectivity index (χ2v) is 10.1. The molecule has 0 radical (unpaired) electrons. The number of benzene rings is 1. The topological polar surface area (TPSA) is 75.7 Å². The molecule has 2 bridgehead atoms. The van der Waals surface area contributed by atoms with Crippen LogP contribution in [0.3, 0.4) is 0 Å². The third kappa shape index (κ3) is 3.09. The van der Waals surface area contributed by atoms with Gasteiger partial charge in [0.25, 0.3) is 5.91 Å². The van der Waals surface area contributed by atoms with Gasteiger partial charge in [-0.25, -0.2) is 0 Å². The zero-order valence-electron chi connectivity index (χ0n) is 16.3. The molecule has 0 unspecified atom stereocenters. The Labute approximate surface area is 178 Å². The maximum absolute atomic E-state index is 13.0. The normalized spacial score (nSPS) is 35.7. The highest BCUT2D eigenvalue weighted by molar-refractivity contribution is 9.09. The van der Waals surface area contributed by atoms with E-state index in [-0.39, 0.29) is 52.4 Å². The number of fused-ring (bicyclic) bond motifs is 1. The van der Waals surface area contributed by atoms with Gasteiger partial charge in [-0.1, -0.05) is 22.9 Å². The molecule has 2 aliphatic carbocycles. The lowest BCUT2D eigenvalue weighted by atomic mass is 9.79. The van der Waals surface area contributed by atoms with Crippen molar-refractivity contribution in [3.8, 4) is 0 Å². The number of anilines is 1.